The molecule has 0 saturated heterocycles. The van der Waals surface area contributed by atoms with Crippen LogP contribution in [0.5, 0.6) is 0 Å². The van der Waals surface area contributed by atoms with Crippen LogP contribution in [0.15, 0.2) is 120 Å². The predicted molar refractivity (Wildman–Crippen MR) is 213 cm³/mol. The van der Waals surface area contributed by atoms with E-state index in [-0.39, 0.29) is 31.1 Å². The predicted octanol–water partition coefficient (Wildman–Crippen LogP) is 13.4. The Balaban J connectivity index is 0.000000246. The van der Waals surface area contributed by atoms with Gasteiger partial charge in [0.15, 0.2) is 0 Å². The Bertz CT molecular complexity index is 2710. The molecule has 1 aliphatic carbocycles. The second-order valence-corrected chi connectivity index (χ2v) is 14.6. The van der Waals surface area contributed by atoms with Crippen LogP contribution in [0.3, 0.4) is 0 Å². The van der Waals surface area contributed by atoms with Gasteiger partial charge in [-0.05, 0) is 111 Å². The van der Waals surface area contributed by atoms with E-state index in [1.807, 2.05) is 74.5 Å². The van der Waals surface area contributed by atoms with Crippen LogP contribution >= 0.6 is 0 Å². The number of benzene rings is 5. The van der Waals surface area contributed by atoms with Gasteiger partial charge in [-0.15, -0.1) is 54.1 Å². The molecule has 3 nitrogen and oxygen atoms in total. The second-order valence-electron chi connectivity index (χ2n) is 14.6. The molecule has 263 valence electrons. The first kappa shape index (κ1) is 29.9. The summed E-state index contributed by atoms with van der Waals surface area (Å²) in [6, 6.07) is 40.7. The van der Waals surface area contributed by atoms with Crippen molar-refractivity contribution in [2.75, 3.05) is 0 Å². The minimum atomic E-state index is -2.35. The summed E-state index contributed by atoms with van der Waals surface area (Å²) in [5, 5.41) is 6.61. The van der Waals surface area contributed by atoms with Crippen molar-refractivity contribution in [1.29, 1.82) is 0 Å². The monoisotopic (exact) mass is 862 g/mol. The summed E-state index contributed by atoms with van der Waals surface area (Å²) in [4.78, 5) is 8.98. The second kappa shape index (κ2) is 14.8. The molecule has 8 aromatic rings. The Kier molecular flexibility index (Phi) is 8.49. The summed E-state index contributed by atoms with van der Waals surface area (Å²) in [5.74, 6) is -1.57. The summed E-state index contributed by atoms with van der Waals surface area (Å²) in [6.45, 7) is 5.81. The quantitative estimate of drug-likeness (QED) is 0.131. The third-order valence-electron chi connectivity index (χ3n) is 10.4. The van der Waals surface area contributed by atoms with Gasteiger partial charge < -0.3 is 14.4 Å². The molecule has 0 atom stereocenters. The van der Waals surface area contributed by atoms with E-state index in [1.165, 1.54) is 17.0 Å². The van der Waals surface area contributed by atoms with Crippen LogP contribution < -0.4 is 0 Å². The van der Waals surface area contributed by atoms with Gasteiger partial charge in [0.25, 0.3) is 0 Å². The first-order chi connectivity index (χ1) is 26.6. The normalized spacial score (nSPS) is 16.9. The molecule has 3 aromatic heterocycles. The van der Waals surface area contributed by atoms with E-state index < -0.39 is 18.6 Å². The van der Waals surface area contributed by atoms with Crippen LogP contribution in [0.25, 0.3) is 66.0 Å². The Labute approximate surface area is 327 Å². The van der Waals surface area contributed by atoms with Gasteiger partial charge in [0.05, 0.1) is 5.58 Å². The van der Waals surface area contributed by atoms with Crippen LogP contribution in [-0.4, -0.2) is 9.97 Å². The summed E-state index contributed by atoms with van der Waals surface area (Å²) in [7, 11) is 0. The zero-order valence-electron chi connectivity index (χ0n) is 34.9. The number of aromatic nitrogens is 2. The molecule has 1 saturated carbocycles. The molecule has 0 amide bonds. The molecule has 4 heteroatoms. The molecule has 0 N–H and O–H groups in total. The van der Waals surface area contributed by atoms with Crippen molar-refractivity contribution >= 4 is 43.5 Å². The van der Waals surface area contributed by atoms with Gasteiger partial charge in [-0.1, -0.05) is 93.2 Å². The molecule has 1 aliphatic rings. The molecule has 0 spiro atoms. The smallest absolute Gasteiger partial charge is 0.121 e. The Morgan fingerprint density at radius 1 is 0.788 bits per heavy atom. The van der Waals surface area contributed by atoms with E-state index >= 15 is 0 Å². The molecule has 0 aliphatic heterocycles. The number of pyridine rings is 2. The Hall–Kier alpha value is -4.63. The van der Waals surface area contributed by atoms with Crippen molar-refractivity contribution in [2.45, 2.75) is 72.0 Å². The fraction of sp³-hybridized carbons (Fsp3) is 0.250. The standard InChI is InChI=1S/C34H30NO.C14H14N.Ir/c1-21-20-35-31(18-28(21)23-13-15-34(2,3)16-14-23)27-10-6-9-26-30-17-24-12-11-22-7-4-5-8-25(22)29(24)19-32(30)36-33(26)27;1-11(2)13-8-9-14(15-10-13)12-6-4-3-5-7-12;/h4-9,11-12,17-20,23H,13-16H2,1-3H3;3-6,8-11H,1-2H3;/q2*-1;/i1D3,23D;11D;. The number of furan rings is 1. The molecule has 1 radical (unpaired) electrons. The van der Waals surface area contributed by atoms with Gasteiger partial charge in [-0.3, -0.25) is 0 Å². The number of nitrogens with zero attached hydrogens (tertiary/aromatic N) is 2. The van der Waals surface area contributed by atoms with Crippen LogP contribution in [0.1, 0.15) is 88.7 Å². The van der Waals surface area contributed by atoms with Crippen LogP contribution in [0.4, 0.5) is 0 Å². The Morgan fingerprint density at radius 3 is 2.33 bits per heavy atom. The van der Waals surface area contributed by atoms with Crippen molar-refractivity contribution < 1.29 is 31.4 Å². The molecule has 52 heavy (non-hydrogen) atoms. The molecule has 9 rings (SSSR count). The molecular weight excluding hydrogens is 813 g/mol. The third-order valence-corrected chi connectivity index (χ3v) is 10.4. The summed E-state index contributed by atoms with van der Waals surface area (Å²) >= 11 is 0. The molecule has 5 aromatic carbocycles. The van der Waals surface area contributed by atoms with E-state index in [4.69, 9.17) is 9.90 Å². The van der Waals surface area contributed by atoms with E-state index in [1.54, 1.807) is 6.20 Å². The van der Waals surface area contributed by atoms with Crippen LogP contribution in [0.2, 0.25) is 0 Å². The number of rotatable bonds is 4. The van der Waals surface area contributed by atoms with Gasteiger partial charge in [0.1, 0.15) is 5.58 Å². The fourth-order valence-corrected chi connectivity index (χ4v) is 7.22. The first-order valence-electron chi connectivity index (χ1n) is 20.2. The van der Waals surface area contributed by atoms with E-state index in [0.29, 0.717) is 35.2 Å². The Morgan fingerprint density at radius 2 is 1.58 bits per heavy atom. The van der Waals surface area contributed by atoms with Crippen LogP contribution in [0, 0.1) is 24.4 Å². The number of hydrogen-bond donors (Lipinski definition) is 0. The van der Waals surface area contributed by atoms with Crippen LogP contribution in [-0.2, 0) is 20.1 Å². The van der Waals surface area contributed by atoms with Gasteiger partial charge >= 0.3 is 0 Å². The van der Waals surface area contributed by atoms with Gasteiger partial charge in [0.2, 0.25) is 0 Å². The zero-order chi connectivity index (χ0) is 39.5. The zero-order valence-corrected chi connectivity index (χ0v) is 32.3. The summed E-state index contributed by atoms with van der Waals surface area (Å²) in [6.07, 6.45) is 6.20. The minimum Gasteiger partial charge on any atom is -0.501 e. The third kappa shape index (κ3) is 7.07. The van der Waals surface area contributed by atoms with Gasteiger partial charge in [0, 0.05) is 44.7 Å². The molecular formula is C48H44IrN2O-2. The van der Waals surface area contributed by atoms with Gasteiger partial charge in [-0.2, -0.15) is 0 Å². The van der Waals surface area contributed by atoms with Crippen molar-refractivity contribution in [3.05, 3.63) is 144 Å². The maximum absolute atomic E-state index is 9.41. The van der Waals surface area contributed by atoms with Crippen molar-refractivity contribution in [3.63, 3.8) is 0 Å². The fourth-order valence-electron chi connectivity index (χ4n) is 7.22. The number of hydrogen-bond acceptors (Lipinski definition) is 3. The molecule has 1 fully saturated rings. The van der Waals surface area contributed by atoms with E-state index in [9.17, 15) is 1.37 Å². The largest absolute Gasteiger partial charge is 0.501 e. The SMILES string of the molecule is [2H]C(C)(C)c1ccc(-c2[c-]cccc2)nc1.[2H]C([2H])([2H])c1cnc(-c2[c-]ccc3c2oc2cc4c(ccc5ccccc54)cc23)cc1C1([2H])CCC(C)(C)CC1.[Ir]. The van der Waals surface area contributed by atoms with Gasteiger partial charge in [-0.25, -0.2) is 0 Å². The molecule has 0 unspecified atom stereocenters. The molecule has 0 bridgehead atoms. The average molecular weight is 862 g/mol. The topological polar surface area (TPSA) is 38.9 Å². The minimum absolute atomic E-state index is 0. The van der Waals surface area contributed by atoms with Crippen molar-refractivity contribution in [3.8, 4) is 22.5 Å². The number of aryl methyl sites for hydroxylation is 1. The first-order valence-corrected chi connectivity index (χ1v) is 17.7. The van der Waals surface area contributed by atoms with E-state index in [0.717, 1.165) is 56.8 Å². The van der Waals surface area contributed by atoms with Crippen molar-refractivity contribution in [2.24, 2.45) is 5.41 Å². The number of fused-ring (bicyclic) bond motifs is 6. The van der Waals surface area contributed by atoms with E-state index in [2.05, 4.69) is 78.4 Å². The maximum Gasteiger partial charge on any atom is 0.121 e. The maximum atomic E-state index is 9.41. The summed E-state index contributed by atoms with van der Waals surface area (Å²) in [5.41, 5.74) is 6.39. The average Bonchev–Trinajstić information content (AvgIpc) is 3.56. The van der Waals surface area contributed by atoms with Crippen molar-refractivity contribution in [1.82, 2.24) is 9.97 Å². The summed E-state index contributed by atoms with van der Waals surface area (Å²) < 4.78 is 48.4. The molecule has 3 heterocycles.